The van der Waals surface area contributed by atoms with E-state index in [2.05, 4.69) is 20.8 Å². The minimum Gasteiger partial charge on any atom is -0.173 e. The zero-order valence-electron chi connectivity index (χ0n) is 10.5. The van der Waals surface area contributed by atoms with Crippen LogP contribution in [0.15, 0.2) is 0 Å². The van der Waals surface area contributed by atoms with Crippen LogP contribution in [0.3, 0.4) is 0 Å². The summed E-state index contributed by atoms with van der Waals surface area (Å²) in [6.45, 7) is 7.26. The number of hydrogen-bond donors (Lipinski definition) is 1. The smallest absolute Gasteiger partial charge is 0.0130 e. The van der Waals surface area contributed by atoms with E-state index in [9.17, 15) is 0 Å². The SMILES string of the molecule is CC1CC2CC(C1)C(C)(S)CC[C@@H](C)C2. The summed E-state index contributed by atoms with van der Waals surface area (Å²) in [6, 6.07) is 0. The molecule has 0 N–H and O–H groups in total. The summed E-state index contributed by atoms with van der Waals surface area (Å²) >= 11 is 4.97. The van der Waals surface area contributed by atoms with Crippen molar-refractivity contribution in [2.45, 2.75) is 64.0 Å². The van der Waals surface area contributed by atoms with Gasteiger partial charge in [0.1, 0.15) is 0 Å². The fourth-order valence-corrected chi connectivity index (χ4v) is 4.22. The summed E-state index contributed by atoms with van der Waals surface area (Å²) in [6.07, 6.45) is 8.54. The van der Waals surface area contributed by atoms with Crippen molar-refractivity contribution in [2.75, 3.05) is 0 Å². The highest BCUT2D eigenvalue weighted by atomic mass is 32.1. The highest BCUT2D eigenvalue weighted by Crippen LogP contribution is 2.47. The molecular weight excluding hydrogens is 200 g/mol. The molecule has 2 bridgehead atoms. The van der Waals surface area contributed by atoms with Crippen molar-refractivity contribution in [3.63, 3.8) is 0 Å². The van der Waals surface area contributed by atoms with Crippen LogP contribution >= 0.6 is 12.6 Å². The van der Waals surface area contributed by atoms with Gasteiger partial charge in [0.05, 0.1) is 0 Å². The van der Waals surface area contributed by atoms with Crippen molar-refractivity contribution >= 4 is 12.6 Å². The lowest BCUT2D eigenvalue weighted by Crippen LogP contribution is -2.38. The van der Waals surface area contributed by atoms with E-state index in [1.165, 1.54) is 38.5 Å². The van der Waals surface area contributed by atoms with Crippen molar-refractivity contribution < 1.29 is 0 Å². The van der Waals surface area contributed by atoms with Gasteiger partial charge in [-0.2, -0.15) is 12.6 Å². The molecule has 0 aromatic heterocycles. The summed E-state index contributed by atoms with van der Waals surface area (Å²) < 4.78 is 0.307. The Morgan fingerprint density at radius 3 is 2.40 bits per heavy atom. The molecular formula is C14H26S. The Bertz CT molecular complexity index is 221. The molecule has 5 atom stereocenters. The summed E-state index contributed by atoms with van der Waals surface area (Å²) in [5.41, 5.74) is 0. The molecule has 2 aliphatic carbocycles. The molecule has 2 fully saturated rings. The van der Waals surface area contributed by atoms with Gasteiger partial charge in [0.15, 0.2) is 0 Å². The van der Waals surface area contributed by atoms with Gasteiger partial charge in [-0.15, -0.1) is 0 Å². The van der Waals surface area contributed by atoms with Gasteiger partial charge in [0.2, 0.25) is 0 Å². The number of rotatable bonds is 0. The van der Waals surface area contributed by atoms with Crippen LogP contribution in [0.1, 0.15) is 59.3 Å². The van der Waals surface area contributed by atoms with Crippen LogP contribution in [-0.4, -0.2) is 4.75 Å². The number of thiol groups is 1. The van der Waals surface area contributed by atoms with E-state index in [1.54, 1.807) is 0 Å². The maximum absolute atomic E-state index is 4.97. The van der Waals surface area contributed by atoms with Crippen LogP contribution in [0.4, 0.5) is 0 Å². The molecule has 0 aromatic rings. The van der Waals surface area contributed by atoms with E-state index < -0.39 is 0 Å². The molecule has 0 saturated heterocycles. The molecule has 0 nitrogen and oxygen atoms in total. The molecule has 0 radical (unpaired) electrons. The lowest BCUT2D eigenvalue weighted by Gasteiger charge is -2.45. The van der Waals surface area contributed by atoms with E-state index in [0.717, 1.165) is 23.7 Å². The topological polar surface area (TPSA) is 0 Å². The zero-order valence-corrected chi connectivity index (χ0v) is 11.4. The Morgan fingerprint density at radius 2 is 1.67 bits per heavy atom. The van der Waals surface area contributed by atoms with E-state index in [-0.39, 0.29) is 0 Å². The second-order valence-corrected chi connectivity index (χ2v) is 7.63. The molecule has 4 unspecified atom stereocenters. The van der Waals surface area contributed by atoms with Gasteiger partial charge < -0.3 is 0 Å². The molecule has 2 saturated carbocycles. The van der Waals surface area contributed by atoms with Gasteiger partial charge in [0, 0.05) is 4.75 Å². The molecule has 2 rings (SSSR count). The van der Waals surface area contributed by atoms with E-state index >= 15 is 0 Å². The first-order valence-electron chi connectivity index (χ1n) is 6.69. The Hall–Kier alpha value is 0.350. The third-order valence-electron chi connectivity index (χ3n) is 4.80. The number of hydrogen-bond acceptors (Lipinski definition) is 1. The molecule has 0 heterocycles. The minimum atomic E-state index is 0.307. The number of fused-ring (bicyclic) bond motifs is 2. The summed E-state index contributed by atoms with van der Waals surface area (Å²) in [5.74, 6) is 3.74. The van der Waals surface area contributed by atoms with Gasteiger partial charge >= 0.3 is 0 Å². The maximum atomic E-state index is 4.97. The van der Waals surface area contributed by atoms with Crippen LogP contribution < -0.4 is 0 Å². The molecule has 2 aliphatic rings. The average Bonchev–Trinajstić information content (AvgIpc) is 2.13. The first-order valence-corrected chi connectivity index (χ1v) is 7.14. The van der Waals surface area contributed by atoms with Crippen molar-refractivity contribution in [3.05, 3.63) is 0 Å². The Labute approximate surface area is 101 Å². The summed E-state index contributed by atoms with van der Waals surface area (Å²) in [4.78, 5) is 0. The third kappa shape index (κ3) is 2.72. The molecule has 0 aromatic carbocycles. The van der Waals surface area contributed by atoms with Crippen LogP contribution in [0.2, 0.25) is 0 Å². The van der Waals surface area contributed by atoms with Crippen LogP contribution in [-0.2, 0) is 0 Å². The first-order chi connectivity index (χ1) is 6.97. The first kappa shape index (κ1) is 11.8. The van der Waals surface area contributed by atoms with Gasteiger partial charge in [0.25, 0.3) is 0 Å². The van der Waals surface area contributed by atoms with Gasteiger partial charge in [-0.25, -0.2) is 0 Å². The fourth-order valence-electron chi connectivity index (χ4n) is 3.88. The Balaban J connectivity index is 2.13. The normalized spacial score (nSPS) is 52.0. The van der Waals surface area contributed by atoms with Crippen molar-refractivity contribution in [2.24, 2.45) is 23.7 Å². The summed E-state index contributed by atoms with van der Waals surface area (Å²) in [7, 11) is 0. The quantitative estimate of drug-likeness (QED) is 0.576. The summed E-state index contributed by atoms with van der Waals surface area (Å²) in [5, 5.41) is 0. The second kappa shape index (κ2) is 4.31. The molecule has 15 heavy (non-hydrogen) atoms. The Morgan fingerprint density at radius 1 is 1.00 bits per heavy atom. The molecule has 88 valence electrons. The maximum Gasteiger partial charge on any atom is 0.0130 e. The van der Waals surface area contributed by atoms with Crippen LogP contribution in [0.5, 0.6) is 0 Å². The van der Waals surface area contributed by atoms with Crippen molar-refractivity contribution in [1.29, 1.82) is 0 Å². The van der Waals surface area contributed by atoms with Gasteiger partial charge in [-0.1, -0.05) is 20.8 Å². The van der Waals surface area contributed by atoms with Crippen LogP contribution in [0.25, 0.3) is 0 Å². The molecule has 0 aliphatic heterocycles. The van der Waals surface area contributed by atoms with Gasteiger partial charge in [-0.05, 0) is 62.2 Å². The zero-order chi connectivity index (χ0) is 11.1. The van der Waals surface area contributed by atoms with Crippen LogP contribution in [0, 0.1) is 23.7 Å². The second-order valence-electron chi connectivity index (χ2n) is 6.61. The van der Waals surface area contributed by atoms with Crippen molar-refractivity contribution in [1.82, 2.24) is 0 Å². The monoisotopic (exact) mass is 226 g/mol. The van der Waals surface area contributed by atoms with E-state index in [0.29, 0.717) is 4.75 Å². The lowest BCUT2D eigenvalue weighted by atomic mass is 9.65. The van der Waals surface area contributed by atoms with Gasteiger partial charge in [-0.3, -0.25) is 0 Å². The predicted octanol–water partition coefficient (Wildman–Crippen LogP) is 4.55. The molecule has 1 heteroatoms. The predicted molar refractivity (Wildman–Crippen MR) is 70.4 cm³/mol. The Kier molecular flexibility index (Phi) is 3.40. The van der Waals surface area contributed by atoms with E-state index in [1.807, 2.05) is 0 Å². The molecule has 0 amide bonds. The van der Waals surface area contributed by atoms with E-state index in [4.69, 9.17) is 12.6 Å². The third-order valence-corrected chi connectivity index (χ3v) is 5.39. The highest BCUT2D eigenvalue weighted by Gasteiger charge is 2.39. The van der Waals surface area contributed by atoms with Crippen molar-refractivity contribution in [3.8, 4) is 0 Å². The average molecular weight is 226 g/mol. The fraction of sp³-hybridized carbons (Fsp3) is 1.00. The molecule has 0 spiro atoms. The standard InChI is InChI=1S/C14H26S/c1-10-4-5-14(3,15)13-8-11(2)7-12(6-10)9-13/h10-13,15H,4-9H2,1-3H3/t10-,11?,12?,13?,14?/m1/s1. The lowest BCUT2D eigenvalue weighted by molar-refractivity contribution is 0.128. The largest absolute Gasteiger partial charge is 0.173 e. The highest BCUT2D eigenvalue weighted by molar-refractivity contribution is 7.81. The minimum absolute atomic E-state index is 0.307.